The molecule has 18 heavy (non-hydrogen) atoms. The number of aryl methyl sites for hydroxylation is 1. The molecule has 0 aromatic heterocycles. The Bertz CT molecular complexity index is 369. The van der Waals surface area contributed by atoms with Crippen LogP contribution in [0.1, 0.15) is 25.3 Å². The van der Waals surface area contributed by atoms with Crippen LogP contribution in [-0.2, 0) is 13.7 Å². The first kappa shape index (κ1) is 17.8. The van der Waals surface area contributed by atoms with E-state index in [1.807, 2.05) is 24.4 Å². The van der Waals surface area contributed by atoms with E-state index < -0.39 is 0 Å². The summed E-state index contributed by atoms with van der Waals surface area (Å²) in [6.45, 7) is 4.25. The van der Waals surface area contributed by atoms with Gasteiger partial charge in [-0.05, 0) is 24.8 Å². The van der Waals surface area contributed by atoms with Gasteiger partial charge in [0, 0.05) is 0 Å². The van der Waals surface area contributed by atoms with Crippen LogP contribution >= 0.6 is 14.2 Å². The first-order valence-corrected chi connectivity index (χ1v) is 8.11. The van der Waals surface area contributed by atoms with Crippen LogP contribution < -0.4 is 0 Å². The molecule has 0 spiro atoms. The van der Waals surface area contributed by atoms with Gasteiger partial charge in [-0.3, -0.25) is 4.99 Å². The first-order chi connectivity index (χ1) is 8.25. The number of halogens is 1. The number of hydrogen-bond donors (Lipinski definition) is 0. The zero-order valence-electron chi connectivity index (χ0n) is 11.0. The SMILES string of the molecule is Cc1ccccc1N=CC1CCC(C)[N-]1.[CH3-].[Ni][Br]. The van der Waals surface area contributed by atoms with Crippen molar-refractivity contribution >= 4 is 26.1 Å². The topological polar surface area (TPSA) is 26.5 Å². The average molecular weight is 355 g/mol. The van der Waals surface area contributed by atoms with Gasteiger partial charge < -0.3 is 12.7 Å². The second-order valence-corrected chi connectivity index (χ2v) is 4.21. The van der Waals surface area contributed by atoms with E-state index in [-0.39, 0.29) is 7.43 Å². The van der Waals surface area contributed by atoms with E-state index in [4.69, 9.17) is 0 Å². The van der Waals surface area contributed by atoms with Gasteiger partial charge in [-0.25, -0.2) is 0 Å². The molecule has 2 unspecified atom stereocenters. The molecule has 2 rings (SSSR count). The molecule has 0 N–H and O–H groups in total. The van der Waals surface area contributed by atoms with E-state index in [9.17, 15) is 0 Å². The minimum absolute atomic E-state index is 0. The molecule has 0 radical (unpaired) electrons. The predicted octanol–water partition coefficient (Wildman–Crippen LogP) is 4.92. The van der Waals surface area contributed by atoms with Crippen LogP contribution in [0.25, 0.3) is 5.32 Å². The zero-order valence-corrected chi connectivity index (χ0v) is 13.6. The van der Waals surface area contributed by atoms with E-state index in [1.54, 1.807) is 0 Å². The van der Waals surface area contributed by atoms with Crippen LogP contribution in [0.3, 0.4) is 0 Å². The van der Waals surface area contributed by atoms with Gasteiger partial charge in [-0.1, -0.05) is 44.0 Å². The second kappa shape index (κ2) is 9.71. The molecule has 2 nitrogen and oxygen atoms in total. The van der Waals surface area contributed by atoms with E-state index in [0.29, 0.717) is 12.1 Å². The summed E-state index contributed by atoms with van der Waals surface area (Å²) in [5.74, 6) is 0. The van der Waals surface area contributed by atoms with Crippen molar-refractivity contribution in [1.29, 1.82) is 0 Å². The van der Waals surface area contributed by atoms with Crippen LogP contribution in [0.4, 0.5) is 5.69 Å². The first-order valence-electron chi connectivity index (χ1n) is 5.67. The molecule has 0 amide bonds. The van der Waals surface area contributed by atoms with Gasteiger partial charge in [0.25, 0.3) is 0 Å². The van der Waals surface area contributed by atoms with Crippen LogP contribution in [0, 0.1) is 14.4 Å². The summed E-state index contributed by atoms with van der Waals surface area (Å²) in [4.78, 5) is 4.50. The monoisotopic (exact) mass is 353 g/mol. The summed E-state index contributed by atoms with van der Waals surface area (Å²) in [6, 6.07) is 9.04. The molecule has 1 aliphatic rings. The van der Waals surface area contributed by atoms with Crippen molar-refractivity contribution in [3.8, 4) is 0 Å². The van der Waals surface area contributed by atoms with Crippen LogP contribution in [0.2, 0.25) is 0 Å². The Balaban J connectivity index is 0.000000917. The van der Waals surface area contributed by atoms with Crippen molar-refractivity contribution in [3.05, 3.63) is 42.6 Å². The second-order valence-electron chi connectivity index (χ2n) is 4.21. The molecule has 0 bridgehead atoms. The normalized spacial score (nSPS) is 22.3. The zero-order chi connectivity index (χ0) is 12.7. The molecule has 1 fully saturated rings. The van der Waals surface area contributed by atoms with E-state index in [1.165, 1.54) is 12.0 Å². The van der Waals surface area contributed by atoms with Crippen molar-refractivity contribution in [1.82, 2.24) is 0 Å². The third-order valence-corrected chi connectivity index (χ3v) is 2.83. The van der Waals surface area contributed by atoms with Gasteiger partial charge in [0.05, 0.1) is 5.69 Å². The summed E-state index contributed by atoms with van der Waals surface area (Å²) in [5, 5.41) is 4.58. The Morgan fingerprint density at radius 3 is 2.56 bits per heavy atom. The molecule has 1 saturated heterocycles. The van der Waals surface area contributed by atoms with E-state index in [2.05, 4.69) is 58.1 Å². The quantitative estimate of drug-likeness (QED) is 0.409. The van der Waals surface area contributed by atoms with E-state index in [0.717, 1.165) is 12.1 Å². The number of aliphatic imine (C=N–C) groups is 1. The molecule has 0 aliphatic carbocycles. The fourth-order valence-corrected chi connectivity index (χ4v) is 1.88. The van der Waals surface area contributed by atoms with E-state index >= 15 is 0 Å². The molecular formula is C14H20BrN2Ni-2. The van der Waals surface area contributed by atoms with Crippen molar-refractivity contribution in [2.75, 3.05) is 0 Å². The molecule has 2 atom stereocenters. The molecule has 1 aromatic carbocycles. The Morgan fingerprint density at radius 1 is 1.33 bits per heavy atom. The van der Waals surface area contributed by atoms with Crippen LogP contribution in [-0.4, -0.2) is 18.3 Å². The van der Waals surface area contributed by atoms with Crippen LogP contribution in [0.15, 0.2) is 29.3 Å². The predicted molar refractivity (Wildman–Crippen MR) is 80.5 cm³/mol. The maximum absolute atomic E-state index is 4.58. The number of benzene rings is 1. The number of rotatable bonds is 2. The Morgan fingerprint density at radius 2 is 2.00 bits per heavy atom. The molecule has 1 heterocycles. The maximum atomic E-state index is 4.58. The van der Waals surface area contributed by atoms with Gasteiger partial charge in [0.2, 0.25) is 0 Å². The molecule has 0 saturated carbocycles. The van der Waals surface area contributed by atoms with Gasteiger partial charge >= 0.3 is 27.9 Å². The number of para-hydroxylation sites is 1. The molecule has 1 aliphatic heterocycles. The Hall–Kier alpha value is -0.176. The summed E-state index contributed by atoms with van der Waals surface area (Å²) >= 11 is 6.25. The summed E-state index contributed by atoms with van der Waals surface area (Å²) in [6.07, 6.45) is 4.34. The third-order valence-electron chi connectivity index (χ3n) is 2.83. The summed E-state index contributed by atoms with van der Waals surface area (Å²) in [7, 11) is 0. The van der Waals surface area contributed by atoms with Crippen molar-refractivity contribution < 1.29 is 13.7 Å². The van der Waals surface area contributed by atoms with Crippen LogP contribution in [0.5, 0.6) is 0 Å². The van der Waals surface area contributed by atoms with Gasteiger partial charge in [-0.2, -0.15) is 0 Å². The molecule has 4 heteroatoms. The Kier molecular flexibility index (Phi) is 9.62. The number of hydrogen-bond acceptors (Lipinski definition) is 1. The van der Waals surface area contributed by atoms with Gasteiger partial charge in [0.15, 0.2) is 0 Å². The number of nitrogens with zero attached hydrogens (tertiary/aromatic N) is 2. The van der Waals surface area contributed by atoms with Crippen molar-refractivity contribution in [3.63, 3.8) is 0 Å². The molecule has 1 aromatic rings. The minimum atomic E-state index is 0. The standard InChI is InChI=1S/C13H17N2.CH3.BrH.Ni/c1-10-5-3-4-6-13(10)14-9-12-8-7-11(2)15-12;;;/h3-6,9,11-12H,7-8H2,1-2H3;1H3;1H;/q2*-1;;+1/p-1. The van der Waals surface area contributed by atoms with Crippen molar-refractivity contribution in [2.24, 2.45) is 4.99 Å². The average Bonchev–Trinajstić information content (AvgIpc) is 2.77. The van der Waals surface area contributed by atoms with Gasteiger partial charge in [-0.15, -0.1) is 6.04 Å². The summed E-state index contributed by atoms with van der Waals surface area (Å²) < 4.78 is 0. The Labute approximate surface area is 126 Å². The molecule has 105 valence electrons. The fraction of sp³-hybridized carbons (Fsp3) is 0.429. The fourth-order valence-electron chi connectivity index (χ4n) is 1.88. The van der Waals surface area contributed by atoms with Crippen molar-refractivity contribution in [2.45, 2.75) is 38.8 Å². The third kappa shape index (κ3) is 5.64. The summed E-state index contributed by atoms with van der Waals surface area (Å²) in [5.41, 5.74) is 2.28. The molecular weight excluding hydrogens is 335 g/mol. The van der Waals surface area contributed by atoms with Gasteiger partial charge in [0.1, 0.15) is 0 Å².